The van der Waals surface area contributed by atoms with Gasteiger partial charge in [-0.3, -0.25) is 0 Å². The van der Waals surface area contributed by atoms with Crippen molar-refractivity contribution < 1.29 is 9.84 Å². The minimum absolute atomic E-state index is 0.107. The van der Waals surface area contributed by atoms with Gasteiger partial charge in [0.25, 0.3) is 0 Å². The monoisotopic (exact) mass is 291 g/mol. The maximum Gasteiger partial charge on any atom is 0.122 e. The van der Waals surface area contributed by atoms with E-state index in [0.29, 0.717) is 26.1 Å². The molecule has 1 atom stereocenters. The molecule has 0 spiro atoms. The van der Waals surface area contributed by atoms with Crippen LogP contribution in [0.4, 0.5) is 5.69 Å². The van der Waals surface area contributed by atoms with E-state index in [2.05, 4.69) is 11.4 Å². The van der Waals surface area contributed by atoms with Gasteiger partial charge in [-0.05, 0) is 19.5 Å². The Labute approximate surface area is 127 Å². The predicted molar refractivity (Wildman–Crippen MR) is 84.5 cm³/mol. The van der Waals surface area contributed by atoms with Crippen molar-refractivity contribution >= 4 is 5.69 Å². The summed E-state index contributed by atoms with van der Waals surface area (Å²) in [5.41, 5.74) is 1.79. The molecule has 0 saturated heterocycles. The molecule has 0 radical (unpaired) electrons. The van der Waals surface area contributed by atoms with Crippen LogP contribution in [0.25, 0.3) is 0 Å². The minimum atomic E-state index is 0.107. The van der Waals surface area contributed by atoms with Crippen molar-refractivity contribution in [3.63, 3.8) is 0 Å². The van der Waals surface area contributed by atoms with E-state index >= 15 is 0 Å². The maximum atomic E-state index is 10.2. The molecule has 0 heterocycles. The molecule has 0 aliphatic carbocycles. The molecule has 0 aliphatic rings. The molecule has 0 aliphatic heterocycles. The van der Waals surface area contributed by atoms with Crippen molar-refractivity contribution in [1.29, 1.82) is 5.26 Å². The van der Waals surface area contributed by atoms with Gasteiger partial charge in [0.15, 0.2) is 0 Å². The molecule has 1 aromatic carbocycles. The van der Waals surface area contributed by atoms with E-state index < -0.39 is 0 Å². The van der Waals surface area contributed by atoms with Crippen LogP contribution in [0.15, 0.2) is 18.2 Å². The van der Waals surface area contributed by atoms with Crippen molar-refractivity contribution in [3.05, 3.63) is 23.8 Å². The second-order valence-electron chi connectivity index (χ2n) is 4.91. The third-order valence-corrected chi connectivity index (χ3v) is 3.41. The van der Waals surface area contributed by atoms with Gasteiger partial charge in [0, 0.05) is 43.6 Å². The highest BCUT2D eigenvalue weighted by molar-refractivity contribution is 5.54. The van der Waals surface area contributed by atoms with Gasteiger partial charge in [0.1, 0.15) is 5.75 Å². The zero-order chi connectivity index (χ0) is 15.7. The lowest BCUT2D eigenvalue weighted by atomic mass is 10.1. The van der Waals surface area contributed by atoms with Gasteiger partial charge < -0.3 is 20.1 Å². The fourth-order valence-electron chi connectivity index (χ4n) is 2.27. The highest BCUT2D eigenvalue weighted by Crippen LogP contribution is 2.29. The molecular weight excluding hydrogens is 266 g/mol. The van der Waals surface area contributed by atoms with Gasteiger partial charge in [-0.2, -0.15) is 5.26 Å². The van der Waals surface area contributed by atoms with E-state index in [1.165, 1.54) is 0 Å². The molecule has 1 rings (SSSR count). The number of methoxy groups -OCH3 is 1. The van der Waals surface area contributed by atoms with Gasteiger partial charge in [0.2, 0.25) is 0 Å². The topological polar surface area (TPSA) is 68.5 Å². The first-order valence-corrected chi connectivity index (χ1v) is 7.31. The lowest BCUT2D eigenvalue weighted by Gasteiger charge is -2.25. The zero-order valence-electron chi connectivity index (χ0n) is 13.1. The summed E-state index contributed by atoms with van der Waals surface area (Å²) in [5, 5.41) is 22.3. The van der Waals surface area contributed by atoms with Crippen LogP contribution in [-0.4, -0.2) is 38.5 Å². The molecule has 0 bridgehead atoms. The van der Waals surface area contributed by atoms with E-state index in [1.807, 2.05) is 30.9 Å². The smallest absolute Gasteiger partial charge is 0.122 e. The number of ether oxygens (including phenoxy) is 1. The van der Waals surface area contributed by atoms with Crippen molar-refractivity contribution in [1.82, 2.24) is 5.32 Å². The summed E-state index contributed by atoms with van der Waals surface area (Å²) in [6.45, 7) is 6.82. The average Bonchev–Trinajstić information content (AvgIpc) is 2.47. The van der Waals surface area contributed by atoms with Crippen molar-refractivity contribution in [2.45, 2.75) is 26.3 Å². The number of hydrogen-bond donors (Lipinski definition) is 2. The largest absolute Gasteiger partial charge is 0.508 e. The van der Waals surface area contributed by atoms with E-state index in [-0.39, 0.29) is 11.8 Å². The second kappa shape index (κ2) is 9.22. The molecule has 0 aromatic heterocycles. The average molecular weight is 291 g/mol. The number of rotatable bonds is 9. The second-order valence-corrected chi connectivity index (χ2v) is 4.91. The first-order valence-electron chi connectivity index (χ1n) is 7.31. The number of hydrogen-bond acceptors (Lipinski definition) is 5. The third kappa shape index (κ3) is 5.25. The number of nitriles is 1. The summed E-state index contributed by atoms with van der Waals surface area (Å²) in [6.07, 6.45) is 0.444. The highest BCUT2D eigenvalue weighted by atomic mass is 16.5. The Hall–Kier alpha value is -1.77. The normalized spacial score (nSPS) is 11.9. The van der Waals surface area contributed by atoms with Crippen LogP contribution in [0.5, 0.6) is 5.75 Å². The number of nitrogens with zero attached hydrogens (tertiary/aromatic N) is 2. The Kier molecular flexibility index (Phi) is 7.59. The lowest BCUT2D eigenvalue weighted by molar-refractivity contribution is 0.205. The molecule has 2 N–H and O–H groups in total. The molecule has 0 fully saturated rings. The Morgan fingerprint density at radius 1 is 1.43 bits per heavy atom. The Balaban J connectivity index is 2.89. The predicted octanol–water partition coefficient (Wildman–Crippen LogP) is 2.43. The van der Waals surface area contributed by atoms with Crippen LogP contribution < -0.4 is 10.2 Å². The number of aromatic hydroxyl groups is 1. The molecule has 5 heteroatoms. The van der Waals surface area contributed by atoms with E-state index in [1.54, 1.807) is 13.2 Å². The van der Waals surface area contributed by atoms with E-state index in [4.69, 9.17) is 10.00 Å². The maximum absolute atomic E-state index is 10.2. The first-order chi connectivity index (χ1) is 10.1. The third-order valence-electron chi connectivity index (χ3n) is 3.41. The van der Waals surface area contributed by atoms with Crippen LogP contribution >= 0.6 is 0 Å². The Morgan fingerprint density at radius 3 is 2.76 bits per heavy atom. The summed E-state index contributed by atoms with van der Waals surface area (Å²) in [4.78, 5) is 2.05. The van der Waals surface area contributed by atoms with Gasteiger partial charge in [-0.15, -0.1) is 0 Å². The van der Waals surface area contributed by atoms with Crippen LogP contribution in [0, 0.1) is 11.3 Å². The highest BCUT2D eigenvalue weighted by Gasteiger charge is 2.13. The molecule has 116 valence electrons. The number of nitrogens with one attached hydrogen (secondary N) is 1. The van der Waals surface area contributed by atoms with Gasteiger partial charge in [-0.1, -0.05) is 13.0 Å². The summed E-state index contributed by atoms with van der Waals surface area (Å²) in [5.74, 6) is 0.278. The van der Waals surface area contributed by atoms with Crippen LogP contribution in [0.1, 0.15) is 31.9 Å². The number of anilines is 1. The summed E-state index contributed by atoms with van der Waals surface area (Å²) in [7, 11) is 1.65. The van der Waals surface area contributed by atoms with Crippen LogP contribution in [0.2, 0.25) is 0 Å². The molecule has 21 heavy (non-hydrogen) atoms. The standard InChI is InChI=1S/C16H25N3O2/c1-4-18-13(2)15-7-6-14(12-16(15)20)19(9-5-8-17)10-11-21-3/h6-7,12-13,18,20H,4-5,9-11H2,1-3H3. The number of benzene rings is 1. The summed E-state index contributed by atoms with van der Waals surface area (Å²) >= 11 is 0. The lowest BCUT2D eigenvalue weighted by Crippen LogP contribution is -2.28. The fourth-order valence-corrected chi connectivity index (χ4v) is 2.27. The molecule has 0 amide bonds. The first kappa shape index (κ1) is 17.3. The SMILES string of the molecule is CCNC(C)c1ccc(N(CCC#N)CCOC)cc1O. The minimum Gasteiger partial charge on any atom is -0.508 e. The van der Waals surface area contributed by atoms with Crippen molar-refractivity contribution in [3.8, 4) is 11.8 Å². The molecule has 0 saturated carbocycles. The molecular formula is C16H25N3O2. The Morgan fingerprint density at radius 2 is 2.19 bits per heavy atom. The van der Waals surface area contributed by atoms with Gasteiger partial charge in [-0.25, -0.2) is 0 Å². The number of phenolic OH excluding ortho intramolecular Hbond substituents is 1. The zero-order valence-corrected chi connectivity index (χ0v) is 13.1. The van der Waals surface area contributed by atoms with Crippen molar-refractivity contribution in [2.24, 2.45) is 0 Å². The van der Waals surface area contributed by atoms with Gasteiger partial charge >= 0.3 is 0 Å². The quantitative estimate of drug-likeness (QED) is 0.731. The molecule has 5 nitrogen and oxygen atoms in total. The molecule has 1 unspecified atom stereocenters. The van der Waals surface area contributed by atoms with Crippen molar-refractivity contribution in [2.75, 3.05) is 38.3 Å². The van der Waals surface area contributed by atoms with Crippen LogP contribution in [0.3, 0.4) is 0 Å². The molecule has 1 aromatic rings. The Bertz CT molecular complexity index is 471. The van der Waals surface area contributed by atoms with Gasteiger partial charge in [0.05, 0.1) is 19.1 Å². The fraction of sp³-hybridized carbons (Fsp3) is 0.562. The van der Waals surface area contributed by atoms with E-state index in [0.717, 1.165) is 17.8 Å². The van der Waals surface area contributed by atoms with E-state index in [9.17, 15) is 5.11 Å². The summed E-state index contributed by atoms with van der Waals surface area (Å²) < 4.78 is 5.10. The number of phenols is 1. The summed E-state index contributed by atoms with van der Waals surface area (Å²) in [6, 6.07) is 7.93. The van der Waals surface area contributed by atoms with Crippen LogP contribution in [-0.2, 0) is 4.74 Å².